The molecule has 4 atom stereocenters. The fourth-order valence-corrected chi connectivity index (χ4v) is 3.01. The second-order valence-corrected chi connectivity index (χ2v) is 6.38. The van der Waals surface area contributed by atoms with E-state index in [0.29, 0.717) is 11.1 Å². The number of carbonyl (C=O) groups is 1. The van der Waals surface area contributed by atoms with E-state index >= 15 is 0 Å². The number of nitrogens with one attached hydrogen (secondary N) is 1. The standard InChI is InChI=1S/C18H21N3O5/c1-10-8-21(17-11(2)14(23)13(9-22)26-17)18(25)20-15(10)19-16(24)12-6-4-3-5-7-12/h3-8,11,13-14,17,22-23H,9H2,1-2H3,(H,19,20,24,25)/t11?,13-,14-,17-/m1/s1. The van der Waals surface area contributed by atoms with Gasteiger partial charge in [-0.25, -0.2) is 4.79 Å². The van der Waals surface area contributed by atoms with Crippen LogP contribution in [0.2, 0.25) is 0 Å². The maximum Gasteiger partial charge on any atom is 0.351 e. The van der Waals surface area contributed by atoms with E-state index in [1.165, 1.54) is 10.8 Å². The van der Waals surface area contributed by atoms with E-state index in [4.69, 9.17) is 4.74 Å². The third kappa shape index (κ3) is 3.39. The van der Waals surface area contributed by atoms with Gasteiger partial charge in [0.2, 0.25) is 0 Å². The average molecular weight is 359 g/mol. The summed E-state index contributed by atoms with van der Waals surface area (Å²) >= 11 is 0. The van der Waals surface area contributed by atoms with E-state index in [-0.39, 0.29) is 18.3 Å². The summed E-state index contributed by atoms with van der Waals surface area (Å²) in [7, 11) is 0. The molecule has 2 aromatic rings. The third-order valence-corrected chi connectivity index (χ3v) is 4.54. The predicted octanol–water partition coefficient (Wildman–Crippen LogP) is 0.691. The number of anilines is 1. The molecule has 0 bridgehead atoms. The van der Waals surface area contributed by atoms with Crippen molar-refractivity contribution in [2.75, 3.05) is 11.9 Å². The maximum absolute atomic E-state index is 12.4. The number of rotatable bonds is 4. The van der Waals surface area contributed by atoms with E-state index in [0.717, 1.165) is 0 Å². The van der Waals surface area contributed by atoms with Gasteiger partial charge in [-0.1, -0.05) is 25.1 Å². The van der Waals surface area contributed by atoms with Crippen LogP contribution in [0.3, 0.4) is 0 Å². The molecule has 8 heteroatoms. The van der Waals surface area contributed by atoms with Gasteiger partial charge in [-0.05, 0) is 19.1 Å². The van der Waals surface area contributed by atoms with Gasteiger partial charge in [0.05, 0.1) is 12.7 Å². The summed E-state index contributed by atoms with van der Waals surface area (Å²) in [5, 5.41) is 22.0. The van der Waals surface area contributed by atoms with Crippen molar-refractivity contribution in [1.29, 1.82) is 0 Å². The Balaban J connectivity index is 1.85. The molecular formula is C18H21N3O5. The van der Waals surface area contributed by atoms with Gasteiger partial charge in [0.25, 0.3) is 5.91 Å². The number of aliphatic hydroxyl groups excluding tert-OH is 2. The van der Waals surface area contributed by atoms with Gasteiger partial charge in [0, 0.05) is 23.2 Å². The second kappa shape index (κ2) is 7.36. The van der Waals surface area contributed by atoms with E-state index in [1.54, 1.807) is 44.2 Å². The van der Waals surface area contributed by atoms with E-state index in [1.807, 2.05) is 0 Å². The lowest BCUT2D eigenvalue weighted by Crippen LogP contribution is -2.32. The summed E-state index contributed by atoms with van der Waals surface area (Å²) in [5.41, 5.74) is 0.424. The Morgan fingerprint density at radius 1 is 1.35 bits per heavy atom. The van der Waals surface area contributed by atoms with Crippen molar-refractivity contribution in [1.82, 2.24) is 9.55 Å². The average Bonchev–Trinajstić information content (AvgIpc) is 2.93. The number of carbonyl (C=O) groups excluding carboxylic acids is 1. The molecule has 3 rings (SSSR count). The van der Waals surface area contributed by atoms with Crippen LogP contribution in [0.15, 0.2) is 41.3 Å². The van der Waals surface area contributed by atoms with Crippen LogP contribution in [-0.4, -0.2) is 44.5 Å². The first kappa shape index (κ1) is 18.2. The summed E-state index contributed by atoms with van der Waals surface area (Å²) in [4.78, 5) is 28.6. The first-order chi connectivity index (χ1) is 12.4. The lowest BCUT2D eigenvalue weighted by atomic mass is 10.0. The highest BCUT2D eigenvalue weighted by molar-refractivity contribution is 6.03. The number of hydrogen-bond acceptors (Lipinski definition) is 6. The number of ether oxygens (including phenoxy) is 1. The highest BCUT2D eigenvalue weighted by Gasteiger charge is 2.42. The largest absolute Gasteiger partial charge is 0.394 e. The van der Waals surface area contributed by atoms with Crippen molar-refractivity contribution in [2.24, 2.45) is 5.92 Å². The number of benzene rings is 1. The van der Waals surface area contributed by atoms with Crippen LogP contribution in [-0.2, 0) is 4.74 Å². The highest BCUT2D eigenvalue weighted by atomic mass is 16.5. The molecule has 1 amide bonds. The molecule has 1 aromatic heterocycles. The maximum atomic E-state index is 12.4. The van der Waals surface area contributed by atoms with Gasteiger partial charge in [0.1, 0.15) is 18.1 Å². The SMILES string of the molecule is Cc1cn([C@@H]2O[C@H](CO)[C@H](O)C2C)c(=O)nc1NC(=O)c1ccccc1. The Bertz CT molecular complexity index is 852. The number of hydrogen-bond donors (Lipinski definition) is 3. The molecule has 1 saturated heterocycles. The van der Waals surface area contributed by atoms with Gasteiger partial charge in [-0.3, -0.25) is 9.36 Å². The number of amides is 1. The number of aliphatic hydroxyl groups is 2. The number of aryl methyl sites for hydroxylation is 1. The molecule has 3 N–H and O–H groups in total. The van der Waals surface area contributed by atoms with Crippen LogP contribution >= 0.6 is 0 Å². The Hall–Kier alpha value is -2.55. The smallest absolute Gasteiger partial charge is 0.351 e. The van der Waals surface area contributed by atoms with Crippen molar-refractivity contribution in [3.8, 4) is 0 Å². The topological polar surface area (TPSA) is 114 Å². The first-order valence-electron chi connectivity index (χ1n) is 8.33. The zero-order valence-corrected chi connectivity index (χ0v) is 14.5. The normalized spacial score (nSPS) is 25.2. The predicted molar refractivity (Wildman–Crippen MR) is 93.8 cm³/mol. The summed E-state index contributed by atoms with van der Waals surface area (Å²) in [6.07, 6.45) is -0.835. The third-order valence-electron chi connectivity index (χ3n) is 4.54. The minimum absolute atomic E-state index is 0.171. The molecule has 0 aliphatic carbocycles. The van der Waals surface area contributed by atoms with Crippen LogP contribution in [0, 0.1) is 12.8 Å². The zero-order chi connectivity index (χ0) is 18.8. The molecule has 26 heavy (non-hydrogen) atoms. The van der Waals surface area contributed by atoms with Crippen LogP contribution in [0.25, 0.3) is 0 Å². The Morgan fingerprint density at radius 3 is 2.65 bits per heavy atom. The summed E-state index contributed by atoms with van der Waals surface area (Å²) in [5.74, 6) is -0.583. The molecule has 138 valence electrons. The quantitative estimate of drug-likeness (QED) is 0.740. The lowest BCUT2D eigenvalue weighted by Gasteiger charge is -2.19. The lowest BCUT2D eigenvalue weighted by molar-refractivity contribution is -0.0476. The fourth-order valence-electron chi connectivity index (χ4n) is 3.01. The molecule has 1 unspecified atom stereocenters. The molecule has 8 nitrogen and oxygen atoms in total. The van der Waals surface area contributed by atoms with Crippen molar-refractivity contribution in [3.05, 3.63) is 58.1 Å². The Kier molecular flexibility index (Phi) is 5.17. The molecule has 1 aliphatic heterocycles. The molecule has 1 aromatic carbocycles. The Morgan fingerprint density at radius 2 is 2.04 bits per heavy atom. The zero-order valence-electron chi connectivity index (χ0n) is 14.5. The van der Waals surface area contributed by atoms with Crippen LogP contribution in [0.4, 0.5) is 5.82 Å². The monoisotopic (exact) mass is 359 g/mol. The van der Waals surface area contributed by atoms with Crippen molar-refractivity contribution in [2.45, 2.75) is 32.3 Å². The highest BCUT2D eigenvalue weighted by Crippen LogP contribution is 2.33. The molecule has 1 fully saturated rings. The molecule has 0 spiro atoms. The van der Waals surface area contributed by atoms with Gasteiger partial charge < -0.3 is 20.3 Å². The molecule has 2 heterocycles. The van der Waals surface area contributed by atoms with E-state index < -0.39 is 30.0 Å². The second-order valence-electron chi connectivity index (χ2n) is 6.38. The van der Waals surface area contributed by atoms with Gasteiger partial charge in [-0.15, -0.1) is 0 Å². The minimum atomic E-state index is -0.880. The molecular weight excluding hydrogens is 338 g/mol. The van der Waals surface area contributed by atoms with E-state index in [9.17, 15) is 19.8 Å². The summed E-state index contributed by atoms with van der Waals surface area (Å²) in [6, 6.07) is 8.62. The van der Waals surface area contributed by atoms with Gasteiger partial charge in [0.15, 0.2) is 0 Å². The van der Waals surface area contributed by atoms with Crippen molar-refractivity contribution in [3.63, 3.8) is 0 Å². The van der Waals surface area contributed by atoms with Gasteiger partial charge >= 0.3 is 5.69 Å². The van der Waals surface area contributed by atoms with Crippen LogP contribution < -0.4 is 11.0 Å². The van der Waals surface area contributed by atoms with Crippen molar-refractivity contribution >= 4 is 11.7 Å². The summed E-state index contributed by atoms with van der Waals surface area (Å²) in [6.45, 7) is 3.11. The Labute approximate surface area is 150 Å². The molecule has 0 saturated carbocycles. The molecule has 1 aliphatic rings. The van der Waals surface area contributed by atoms with Crippen LogP contribution in [0.5, 0.6) is 0 Å². The summed E-state index contributed by atoms with van der Waals surface area (Å²) < 4.78 is 6.86. The van der Waals surface area contributed by atoms with Gasteiger partial charge in [-0.2, -0.15) is 4.98 Å². The molecule has 0 radical (unpaired) electrons. The fraction of sp³-hybridized carbons (Fsp3) is 0.389. The minimum Gasteiger partial charge on any atom is -0.394 e. The first-order valence-corrected chi connectivity index (χ1v) is 8.33. The number of nitrogens with zero attached hydrogens (tertiary/aromatic N) is 2. The van der Waals surface area contributed by atoms with E-state index in [2.05, 4.69) is 10.3 Å². The number of aromatic nitrogens is 2. The van der Waals surface area contributed by atoms with Crippen LogP contribution in [0.1, 0.15) is 29.1 Å². The van der Waals surface area contributed by atoms with Crippen molar-refractivity contribution < 1.29 is 19.7 Å².